The Labute approximate surface area is 111 Å². The van der Waals surface area contributed by atoms with Gasteiger partial charge in [0.1, 0.15) is 0 Å². The lowest BCUT2D eigenvalue weighted by molar-refractivity contribution is 0.289. The Balaban J connectivity index is 2.32. The highest BCUT2D eigenvalue weighted by molar-refractivity contribution is 9.10. The van der Waals surface area contributed by atoms with Crippen molar-refractivity contribution in [3.63, 3.8) is 0 Å². The molecule has 0 bridgehead atoms. The highest BCUT2D eigenvalue weighted by Crippen LogP contribution is 2.20. The summed E-state index contributed by atoms with van der Waals surface area (Å²) in [7, 11) is 2.13. The summed E-state index contributed by atoms with van der Waals surface area (Å²) in [5.74, 6) is 0.680. The van der Waals surface area contributed by atoms with Gasteiger partial charge in [-0.25, -0.2) is 0 Å². The number of nitrogens with two attached hydrogens (primary N) is 1. The molecular formula is C12H21BrN2S. The molecule has 0 fully saturated rings. The van der Waals surface area contributed by atoms with Crippen molar-refractivity contribution in [1.82, 2.24) is 4.90 Å². The van der Waals surface area contributed by atoms with Crippen LogP contribution in [0.3, 0.4) is 0 Å². The number of nitrogens with zero attached hydrogens (tertiary/aromatic N) is 1. The lowest BCUT2D eigenvalue weighted by Gasteiger charge is -2.21. The van der Waals surface area contributed by atoms with E-state index in [1.165, 1.54) is 9.35 Å². The van der Waals surface area contributed by atoms with Gasteiger partial charge in [-0.05, 0) is 41.4 Å². The SMILES string of the molecule is CC(C)CC(N)CN(C)Cc1cc(Br)cs1. The minimum Gasteiger partial charge on any atom is -0.327 e. The first kappa shape index (κ1) is 14.2. The molecule has 16 heavy (non-hydrogen) atoms. The predicted octanol–water partition coefficient (Wildman–Crippen LogP) is 3.32. The maximum absolute atomic E-state index is 6.09. The average Bonchev–Trinajstić information content (AvgIpc) is 2.48. The van der Waals surface area contributed by atoms with Gasteiger partial charge >= 0.3 is 0 Å². The van der Waals surface area contributed by atoms with Gasteiger partial charge in [0.2, 0.25) is 0 Å². The Morgan fingerprint density at radius 2 is 2.19 bits per heavy atom. The van der Waals surface area contributed by atoms with Gasteiger partial charge < -0.3 is 5.73 Å². The van der Waals surface area contributed by atoms with Crippen LogP contribution >= 0.6 is 27.3 Å². The predicted molar refractivity (Wildman–Crippen MR) is 75.8 cm³/mol. The van der Waals surface area contributed by atoms with Crippen LogP contribution in [-0.4, -0.2) is 24.5 Å². The molecule has 92 valence electrons. The Hall–Kier alpha value is 0.1000. The van der Waals surface area contributed by atoms with E-state index in [1.54, 1.807) is 11.3 Å². The Kier molecular flexibility index (Phi) is 5.97. The smallest absolute Gasteiger partial charge is 0.0325 e. The summed E-state index contributed by atoms with van der Waals surface area (Å²) in [6.07, 6.45) is 1.10. The third-order valence-electron chi connectivity index (χ3n) is 2.37. The molecule has 2 N–H and O–H groups in total. The lowest BCUT2D eigenvalue weighted by atomic mass is 10.0. The second kappa shape index (κ2) is 6.74. The molecule has 1 unspecified atom stereocenters. The molecule has 2 nitrogen and oxygen atoms in total. The summed E-state index contributed by atoms with van der Waals surface area (Å²) in [6.45, 7) is 6.39. The van der Waals surface area contributed by atoms with Gasteiger partial charge in [-0.3, -0.25) is 4.90 Å². The van der Waals surface area contributed by atoms with Crippen LogP contribution in [0.15, 0.2) is 15.9 Å². The van der Waals surface area contributed by atoms with Crippen LogP contribution in [0.1, 0.15) is 25.1 Å². The van der Waals surface area contributed by atoms with E-state index in [0.717, 1.165) is 19.5 Å². The molecule has 0 aliphatic heterocycles. The minimum absolute atomic E-state index is 0.286. The molecule has 1 aromatic rings. The molecule has 1 aromatic heterocycles. The van der Waals surface area contributed by atoms with Crippen LogP contribution in [0.2, 0.25) is 0 Å². The van der Waals surface area contributed by atoms with Gasteiger partial charge in [0.05, 0.1) is 0 Å². The molecule has 0 saturated heterocycles. The number of hydrogen-bond acceptors (Lipinski definition) is 3. The van der Waals surface area contributed by atoms with Crippen LogP contribution < -0.4 is 5.73 Å². The molecule has 0 radical (unpaired) electrons. The highest BCUT2D eigenvalue weighted by Gasteiger charge is 2.09. The second-order valence-electron chi connectivity index (χ2n) is 4.82. The summed E-state index contributed by atoms with van der Waals surface area (Å²) >= 11 is 5.26. The van der Waals surface area contributed by atoms with Crippen LogP contribution in [0.4, 0.5) is 0 Å². The molecule has 0 amide bonds. The number of rotatable bonds is 6. The van der Waals surface area contributed by atoms with Gasteiger partial charge in [-0.2, -0.15) is 0 Å². The first-order valence-corrected chi connectivity index (χ1v) is 7.31. The molecule has 1 rings (SSSR count). The fraction of sp³-hybridized carbons (Fsp3) is 0.667. The largest absolute Gasteiger partial charge is 0.327 e. The topological polar surface area (TPSA) is 29.3 Å². The molecule has 0 aliphatic rings. The quantitative estimate of drug-likeness (QED) is 0.873. The van der Waals surface area contributed by atoms with Gasteiger partial charge in [-0.15, -0.1) is 11.3 Å². The van der Waals surface area contributed by atoms with E-state index in [1.807, 2.05) is 0 Å². The molecular weight excluding hydrogens is 284 g/mol. The second-order valence-corrected chi connectivity index (χ2v) is 6.73. The standard InChI is InChI=1S/C12H21BrN2S/c1-9(2)4-11(14)6-15(3)7-12-5-10(13)8-16-12/h5,8-9,11H,4,6-7,14H2,1-3H3. The lowest BCUT2D eigenvalue weighted by Crippen LogP contribution is -2.35. The zero-order valence-corrected chi connectivity index (χ0v) is 12.6. The van der Waals surface area contributed by atoms with Crippen LogP contribution in [0.25, 0.3) is 0 Å². The molecule has 0 saturated carbocycles. The number of likely N-dealkylation sites (N-methyl/N-ethyl adjacent to an activating group) is 1. The van der Waals surface area contributed by atoms with E-state index in [4.69, 9.17) is 5.73 Å². The first-order valence-electron chi connectivity index (χ1n) is 5.64. The molecule has 0 aliphatic carbocycles. The fourth-order valence-corrected chi connectivity index (χ4v) is 3.38. The number of halogens is 1. The normalized spacial score (nSPS) is 13.7. The monoisotopic (exact) mass is 304 g/mol. The molecule has 4 heteroatoms. The summed E-state index contributed by atoms with van der Waals surface area (Å²) in [5, 5.41) is 2.12. The molecule has 1 heterocycles. The van der Waals surface area contributed by atoms with Crippen molar-refractivity contribution >= 4 is 27.3 Å². The van der Waals surface area contributed by atoms with Crippen LogP contribution in [0.5, 0.6) is 0 Å². The molecule has 1 atom stereocenters. The third-order valence-corrected chi connectivity index (χ3v) is 4.05. The third kappa shape index (κ3) is 5.43. The van der Waals surface area contributed by atoms with Gasteiger partial charge in [0.15, 0.2) is 0 Å². The van der Waals surface area contributed by atoms with Crippen molar-refractivity contribution in [2.45, 2.75) is 32.9 Å². The van der Waals surface area contributed by atoms with Crippen LogP contribution in [-0.2, 0) is 6.54 Å². The Bertz CT molecular complexity index is 312. The first-order chi connectivity index (χ1) is 7.47. The van der Waals surface area contributed by atoms with E-state index < -0.39 is 0 Å². The average molecular weight is 305 g/mol. The maximum Gasteiger partial charge on any atom is 0.0325 e. The van der Waals surface area contributed by atoms with Crippen molar-refractivity contribution in [2.75, 3.05) is 13.6 Å². The van der Waals surface area contributed by atoms with E-state index in [2.05, 4.69) is 53.2 Å². The maximum atomic E-state index is 6.09. The van der Waals surface area contributed by atoms with E-state index in [-0.39, 0.29) is 6.04 Å². The summed E-state index contributed by atoms with van der Waals surface area (Å²) in [5.41, 5.74) is 6.09. The summed E-state index contributed by atoms with van der Waals surface area (Å²) in [6, 6.07) is 2.46. The number of thiophene rings is 1. The zero-order chi connectivity index (χ0) is 12.1. The van der Waals surface area contributed by atoms with Gasteiger partial charge in [-0.1, -0.05) is 13.8 Å². The van der Waals surface area contributed by atoms with E-state index in [9.17, 15) is 0 Å². The zero-order valence-electron chi connectivity index (χ0n) is 10.2. The van der Waals surface area contributed by atoms with Crippen molar-refractivity contribution in [2.24, 2.45) is 11.7 Å². The molecule has 0 aromatic carbocycles. The number of hydrogen-bond donors (Lipinski definition) is 1. The van der Waals surface area contributed by atoms with E-state index >= 15 is 0 Å². The Morgan fingerprint density at radius 1 is 1.50 bits per heavy atom. The van der Waals surface area contributed by atoms with E-state index in [0.29, 0.717) is 5.92 Å². The van der Waals surface area contributed by atoms with Crippen molar-refractivity contribution in [3.8, 4) is 0 Å². The van der Waals surface area contributed by atoms with Crippen molar-refractivity contribution in [3.05, 3.63) is 20.8 Å². The minimum atomic E-state index is 0.286. The fourth-order valence-electron chi connectivity index (χ4n) is 1.85. The van der Waals surface area contributed by atoms with Gasteiger partial charge in [0, 0.05) is 33.9 Å². The van der Waals surface area contributed by atoms with Crippen LogP contribution in [0, 0.1) is 5.92 Å². The Morgan fingerprint density at radius 3 is 2.69 bits per heavy atom. The highest BCUT2D eigenvalue weighted by atomic mass is 79.9. The molecule has 0 spiro atoms. The van der Waals surface area contributed by atoms with Crippen molar-refractivity contribution < 1.29 is 0 Å². The summed E-state index contributed by atoms with van der Waals surface area (Å²) in [4.78, 5) is 3.68. The van der Waals surface area contributed by atoms with Crippen molar-refractivity contribution in [1.29, 1.82) is 0 Å². The van der Waals surface area contributed by atoms with Gasteiger partial charge in [0.25, 0.3) is 0 Å². The summed E-state index contributed by atoms with van der Waals surface area (Å²) < 4.78 is 1.17.